The average molecular weight is 267 g/mol. The van der Waals surface area contributed by atoms with Crippen molar-refractivity contribution < 1.29 is 23.9 Å². The van der Waals surface area contributed by atoms with Crippen molar-refractivity contribution in [2.75, 3.05) is 13.7 Å². The Bertz CT molecular complexity index is 495. The van der Waals surface area contributed by atoms with Crippen LogP contribution in [0.1, 0.15) is 12.8 Å². The van der Waals surface area contributed by atoms with Gasteiger partial charge in [0.15, 0.2) is 6.10 Å². The van der Waals surface area contributed by atoms with Crippen molar-refractivity contribution in [2.45, 2.75) is 18.9 Å². The lowest BCUT2D eigenvalue weighted by atomic mass is 10.2. The van der Waals surface area contributed by atoms with E-state index in [1.807, 2.05) is 0 Å². The largest absolute Gasteiger partial charge is 0.496 e. The standard InChI is InChI=1S/C12H13NO6/c1-17-8-4-5-10(9(7-8)13(15)16)19-12(14)11-3-2-6-18-11/h4-5,7,11H,2-3,6H2,1H3. The molecule has 0 bridgehead atoms. The lowest BCUT2D eigenvalue weighted by Gasteiger charge is -2.10. The number of carbonyl (C=O) groups is 1. The summed E-state index contributed by atoms with van der Waals surface area (Å²) < 4.78 is 15.1. The Morgan fingerprint density at radius 3 is 2.89 bits per heavy atom. The fourth-order valence-corrected chi connectivity index (χ4v) is 1.79. The van der Waals surface area contributed by atoms with E-state index in [1.54, 1.807) is 0 Å². The molecule has 0 aliphatic carbocycles. The van der Waals surface area contributed by atoms with Gasteiger partial charge in [0.1, 0.15) is 5.75 Å². The first-order valence-corrected chi connectivity index (χ1v) is 5.77. The number of carbonyl (C=O) groups excluding carboxylic acids is 1. The topological polar surface area (TPSA) is 87.9 Å². The molecule has 0 saturated carbocycles. The van der Waals surface area contributed by atoms with E-state index >= 15 is 0 Å². The fourth-order valence-electron chi connectivity index (χ4n) is 1.79. The summed E-state index contributed by atoms with van der Waals surface area (Å²) in [5, 5.41) is 10.9. The summed E-state index contributed by atoms with van der Waals surface area (Å²) in [4.78, 5) is 22.0. The van der Waals surface area contributed by atoms with Crippen molar-refractivity contribution in [3.8, 4) is 11.5 Å². The van der Waals surface area contributed by atoms with Gasteiger partial charge in [0.2, 0.25) is 5.75 Å². The third kappa shape index (κ3) is 3.00. The summed E-state index contributed by atoms with van der Waals surface area (Å²) >= 11 is 0. The molecular formula is C12H13NO6. The van der Waals surface area contributed by atoms with Crippen molar-refractivity contribution in [1.82, 2.24) is 0 Å². The van der Waals surface area contributed by atoms with Crippen LogP contribution in [0.4, 0.5) is 5.69 Å². The molecule has 1 atom stereocenters. The number of nitrogens with zero attached hydrogens (tertiary/aromatic N) is 1. The number of esters is 1. The fraction of sp³-hybridized carbons (Fsp3) is 0.417. The van der Waals surface area contributed by atoms with Gasteiger partial charge in [-0.1, -0.05) is 0 Å². The van der Waals surface area contributed by atoms with Crippen LogP contribution in [0.2, 0.25) is 0 Å². The van der Waals surface area contributed by atoms with Gasteiger partial charge in [-0.25, -0.2) is 4.79 Å². The van der Waals surface area contributed by atoms with E-state index in [1.165, 1.54) is 25.3 Å². The van der Waals surface area contributed by atoms with Crippen molar-refractivity contribution in [1.29, 1.82) is 0 Å². The summed E-state index contributed by atoms with van der Waals surface area (Å²) in [5.41, 5.74) is -0.314. The molecule has 0 spiro atoms. The zero-order valence-corrected chi connectivity index (χ0v) is 10.3. The van der Waals surface area contributed by atoms with Gasteiger partial charge in [-0.05, 0) is 25.0 Å². The first kappa shape index (κ1) is 13.3. The number of nitro benzene ring substituents is 1. The molecule has 7 heteroatoms. The predicted octanol–water partition coefficient (Wildman–Crippen LogP) is 1.69. The summed E-state index contributed by atoms with van der Waals surface area (Å²) in [6.45, 7) is 0.504. The minimum absolute atomic E-state index is 0.105. The van der Waals surface area contributed by atoms with Crippen LogP contribution in [0.25, 0.3) is 0 Å². The smallest absolute Gasteiger partial charge is 0.340 e. The Hall–Kier alpha value is -2.15. The highest BCUT2D eigenvalue weighted by atomic mass is 16.6. The molecule has 1 saturated heterocycles. The van der Waals surface area contributed by atoms with Crippen LogP contribution in [0, 0.1) is 10.1 Å². The second kappa shape index (κ2) is 5.66. The van der Waals surface area contributed by atoms with Crippen LogP contribution < -0.4 is 9.47 Å². The summed E-state index contributed by atoms with van der Waals surface area (Å²) in [7, 11) is 1.40. The molecule has 0 amide bonds. The number of methoxy groups -OCH3 is 1. The van der Waals surface area contributed by atoms with Gasteiger partial charge in [0, 0.05) is 6.61 Å². The molecule has 1 unspecified atom stereocenters. The molecule has 1 aliphatic rings. The number of benzene rings is 1. The Morgan fingerprint density at radius 1 is 1.53 bits per heavy atom. The van der Waals surface area contributed by atoms with E-state index in [0.717, 1.165) is 6.42 Å². The van der Waals surface area contributed by atoms with Crippen molar-refractivity contribution in [3.05, 3.63) is 28.3 Å². The second-order valence-corrected chi connectivity index (χ2v) is 4.01. The van der Waals surface area contributed by atoms with Gasteiger partial charge < -0.3 is 14.2 Å². The third-order valence-electron chi connectivity index (χ3n) is 2.77. The molecule has 0 radical (unpaired) electrons. The quantitative estimate of drug-likeness (QED) is 0.357. The molecule has 1 aromatic rings. The maximum Gasteiger partial charge on any atom is 0.340 e. The molecule has 1 fully saturated rings. The first-order valence-electron chi connectivity index (χ1n) is 5.77. The van der Waals surface area contributed by atoms with E-state index in [2.05, 4.69) is 0 Å². The maximum atomic E-state index is 11.7. The third-order valence-corrected chi connectivity index (χ3v) is 2.77. The van der Waals surface area contributed by atoms with Crippen LogP contribution in [0.3, 0.4) is 0 Å². The van der Waals surface area contributed by atoms with Crippen molar-refractivity contribution in [3.63, 3.8) is 0 Å². The summed E-state index contributed by atoms with van der Waals surface area (Å²) in [6, 6.07) is 4.03. The monoisotopic (exact) mass is 267 g/mol. The lowest BCUT2D eigenvalue weighted by Crippen LogP contribution is -2.25. The highest BCUT2D eigenvalue weighted by Gasteiger charge is 2.28. The van der Waals surface area contributed by atoms with Gasteiger partial charge in [-0.2, -0.15) is 0 Å². The Labute approximate surface area is 109 Å². The van der Waals surface area contributed by atoms with Gasteiger partial charge in [0.05, 0.1) is 18.1 Å². The molecule has 102 valence electrons. The predicted molar refractivity (Wildman–Crippen MR) is 64.3 cm³/mol. The minimum atomic E-state index is -0.637. The Kier molecular flexibility index (Phi) is 3.96. The first-order chi connectivity index (χ1) is 9.11. The summed E-state index contributed by atoms with van der Waals surface area (Å²) in [6.07, 6.45) is 0.717. The molecule has 0 aromatic heterocycles. The van der Waals surface area contributed by atoms with E-state index in [9.17, 15) is 14.9 Å². The molecule has 0 N–H and O–H groups in total. The molecule has 1 aliphatic heterocycles. The van der Waals surface area contributed by atoms with Crippen LogP contribution in [-0.2, 0) is 9.53 Å². The van der Waals surface area contributed by atoms with Crippen molar-refractivity contribution in [2.24, 2.45) is 0 Å². The molecular weight excluding hydrogens is 254 g/mol. The van der Waals surface area contributed by atoms with Gasteiger partial charge >= 0.3 is 11.7 Å². The zero-order valence-electron chi connectivity index (χ0n) is 10.3. The van der Waals surface area contributed by atoms with Crippen LogP contribution in [-0.4, -0.2) is 30.7 Å². The molecule has 19 heavy (non-hydrogen) atoms. The number of nitro groups is 1. The average Bonchev–Trinajstić information content (AvgIpc) is 2.92. The van der Waals surface area contributed by atoms with E-state index in [-0.39, 0.29) is 11.4 Å². The lowest BCUT2D eigenvalue weighted by molar-refractivity contribution is -0.385. The SMILES string of the molecule is COc1ccc(OC(=O)C2CCCO2)c([N+](=O)[O-])c1. The molecule has 1 aromatic carbocycles. The maximum absolute atomic E-state index is 11.7. The minimum Gasteiger partial charge on any atom is -0.496 e. The van der Waals surface area contributed by atoms with E-state index < -0.39 is 17.0 Å². The number of hydrogen-bond acceptors (Lipinski definition) is 6. The van der Waals surface area contributed by atoms with E-state index in [0.29, 0.717) is 18.8 Å². The van der Waals surface area contributed by atoms with Gasteiger partial charge in [-0.15, -0.1) is 0 Å². The number of rotatable bonds is 4. The van der Waals surface area contributed by atoms with Crippen molar-refractivity contribution >= 4 is 11.7 Å². The second-order valence-electron chi connectivity index (χ2n) is 4.01. The zero-order chi connectivity index (χ0) is 13.8. The normalized spacial score (nSPS) is 18.1. The number of ether oxygens (including phenoxy) is 3. The van der Waals surface area contributed by atoms with E-state index in [4.69, 9.17) is 14.2 Å². The molecule has 7 nitrogen and oxygen atoms in total. The molecule has 1 heterocycles. The van der Waals surface area contributed by atoms with Gasteiger partial charge in [0.25, 0.3) is 0 Å². The van der Waals surface area contributed by atoms with Crippen LogP contribution in [0.15, 0.2) is 18.2 Å². The van der Waals surface area contributed by atoms with Crippen LogP contribution in [0.5, 0.6) is 11.5 Å². The van der Waals surface area contributed by atoms with Gasteiger partial charge in [-0.3, -0.25) is 10.1 Å². The number of hydrogen-bond donors (Lipinski definition) is 0. The highest BCUT2D eigenvalue weighted by Crippen LogP contribution is 2.31. The molecule has 2 rings (SSSR count). The Balaban J connectivity index is 2.19. The Morgan fingerprint density at radius 2 is 2.32 bits per heavy atom. The highest BCUT2D eigenvalue weighted by molar-refractivity contribution is 5.78. The van der Waals surface area contributed by atoms with Crippen LogP contribution >= 0.6 is 0 Å². The summed E-state index contributed by atoms with van der Waals surface area (Å²) in [5.74, 6) is -0.388.